The van der Waals surface area contributed by atoms with Crippen molar-refractivity contribution >= 4 is 21.8 Å². The number of phenolic OH excluding ortho intramolecular Hbond substituents is 1. The smallest absolute Gasteiger partial charge is 0.257 e. The molecule has 0 aliphatic carbocycles. The first-order valence-corrected chi connectivity index (χ1v) is 6.75. The molecule has 0 heterocycles. The zero-order valence-corrected chi connectivity index (χ0v) is 12.4. The molecule has 104 valence electrons. The van der Waals surface area contributed by atoms with Crippen molar-refractivity contribution in [2.24, 2.45) is 0 Å². The average molecular weight is 338 g/mol. The van der Waals surface area contributed by atoms with Crippen LogP contribution in [0.15, 0.2) is 46.9 Å². The van der Waals surface area contributed by atoms with Gasteiger partial charge < -0.3 is 10.0 Å². The molecule has 1 amide bonds. The SMILES string of the molecule is CN(Cc1cccc(Br)c1)C(=O)c1cc(F)ccc1O. The number of carbonyl (C=O) groups excluding carboxylic acids is 1. The van der Waals surface area contributed by atoms with Gasteiger partial charge in [-0.05, 0) is 35.9 Å². The highest BCUT2D eigenvalue weighted by atomic mass is 79.9. The van der Waals surface area contributed by atoms with Gasteiger partial charge in [-0.1, -0.05) is 28.1 Å². The Bertz CT molecular complexity index is 646. The molecular weight excluding hydrogens is 325 g/mol. The highest BCUT2D eigenvalue weighted by Gasteiger charge is 2.16. The summed E-state index contributed by atoms with van der Waals surface area (Å²) in [6.45, 7) is 0.369. The lowest BCUT2D eigenvalue weighted by molar-refractivity contribution is 0.0781. The molecule has 0 aromatic heterocycles. The molecule has 20 heavy (non-hydrogen) atoms. The maximum atomic E-state index is 13.2. The van der Waals surface area contributed by atoms with Crippen molar-refractivity contribution in [2.75, 3.05) is 7.05 Å². The van der Waals surface area contributed by atoms with Crippen LogP contribution in [-0.4, -0.2) is 23.0 Å². The third kappa shape index (κ3) is 3.36. The second-order valence-electron chi connectivity index (χ2n) is 4.45. The van der Waals surface area contributed by atoms with Crippen LogP contribution in [0, 0.1) is 5.82 Å². The molecule has 0 aliphatic rings. The van der Waals surface area contributed by atoms with Crippen molar-refractivity contribution < 1.29 is 14.3 Å². The fraction of sp³-hybridized carbons (Fsp3) is 0.133. The number of nitrogens with zero attached hydrogens (tertiary/aromatic N) is 1. The van der Waals surface area contributed by atoms with Crippen LogP contribution in [0.3, 0.4) is 0 Å². The molecule has 0 bridgehead atoms. The van der Waals surface area contributed by atoms with Crippen molar-refractivity contribution in [3.05, 3.63) is 63.9 Å². The Hall–Kier alpha value is -1.88. The fourth-order valence-corrected chi connectivity index (χ4v) is 2.31. The summed E-state index contributed by atoms with van der Waals surface area (Å²) in [6.07, 6.45) is 0. The molecule has 1 N–H and O–H groups in total. The largest absolute Gasteiger partial charge is 0.507 e. The Balaban J connectivity index is 2.18. The van der Waals surface area contributed by atoms with Crippen LogP contribution in [0.5, 0.6) is 5.75 Å². The second-order valence-corrected chi connectivity index (χ2v) is 5.37. The molecule has 0 unspecified atom stereocenters. The molecule has 2 rings (SSSR count). The first-order valence-electron chi connectivity index (χ1n) is 5.96. The van der Waals surface area contributed by atoms with Crippen LogP contribution in [0.1, 0.15) is 15.9 Å². The van der Waals surface area contributed by atoms with Gasteiger partial charge in [0.15, 0.2) is 0 Å². The standard InChI is InChI=1S/C15H13BrFNO2/c1-18(9-10-3-2-4-11(16)7-10)15(20)13-8-12(17)5-6-14(13)19/h2-8,19H,9H2,1H3. The zero-order valence-electron chi connectivity index (χ0n) is 10.8. The van der Waals surface area contributed by atoms with E-state index in [0.717, 1.165) is 22.2 Å². The summed E-state index contributed by atoms with van der Waals surface area (Å²) in [5.74, 6) is -1.21. The Morgan fingerprint density at radius 1 is 1.30 bits per heavy atom. The van der Waals surface area contributed by atoms with Crippen molar-refractivity contribution in [2.45, 2.75) is 6.54 Å². The van der Waals surface area contributed by atoms with Gasteiger partial charge in [-0.15, -0.1) is 0 Å². The molecule has 0 saturated heterocycles. The van der Waals surface area contributed by atoms with Crippen molar-refractivity contribution in [3.8, 4) is 5.75 Å². The third-order valence-electron chi connectivity index (χ3n) is 2.84. The zero-order chi connectivity index (χ0) is 14.7. The van der Waals surface area contributed by atoms with Crippen LogP contribution in [0.4, 0.5) is 4.39 Å². The number of hydrogen-bond donors (Lipinski definition) is 1. The van der Waals surface area contributed by atoms with Crippen LogP contribution >= 0.6 is 15.9 Å². The van der Waals surface area contributed by atoms with Crippen LogP contribution in [-0.2, 0) is 6.54 Å². The normalized spacial score (nSPS) is 10.3. The summed E-state index contributed by atoms with van der Waals surface area (Å²) in [5.41, 5.74) is 0.897. The van der Waals surface area contributed by atoms with E-state index < -0.39 is 11.7 Å². The van der Waals surface area contributed by atoms with E-state index in [1.165, 1.54) is 11.0 Å². The minimum atomic E-state index is -0.554. The number of amides is 1. The predicted octanol–water partition coefficient (Wildman–Crippen LogP) is 3.57. The Morgan fingerprint density at radius 3 is 2.75 bits per heavy atom. The summed E-state index contributed by atoms with van der Waals surface area (Å²) in [4.78, 5) is 13.6. The first kappa shape index (κ1) is 14.5. The van der Waals surface area contributed by atoms with E-state index in [-0.39, 0.29) is 11.3 Å². The van der Waals surface area contributed by atoms with Gasteiger partial charge in [-0.2, -0.15) is 0 Å². The van der Waals surface area contributed by atoms with Gasteiger partial charge in [0.2, 0.25) is 0 Å². The molecule has 0 atom stereocenters. The van der Waals surface area contributed by atoms with E-state index >= 15 is 0 Å². The molecule has 2 aromatic carbocycles. The maximum absolute atomic E-state index is 13.2. The number of phenols is 1. The van der Waals surface area contributed by atoms with Crippen LogP contribution in [0.25, 0.3) is 0 Å². The summed E-state index contributed by atoms with van der Waals surface area (Å²) in [5, 5.41) is 9.64. The van der Waals surface area contributed by atoms with Gasteiger partial charge in [0.05, 0.1) is 5.56 Å². The molecule has 2 aromatic rings. The molecule has 0 saturated carbocycles. The van der Waals surface area contributed by atoms with Gasteiger partial charge in [-0.25, -0.2) is 4.39 Å². The highest BCUT2D eigenvalue weighted by Crippen LogP contribution is 2.20. The fourth-order valence-electron chi connectivity index (χ4n) is 1.87. The maximum Gasteiger partial charge on any atom is 0.257 e. The van der Waals surface area contributed by atoms with Crippen LogP contribution in [0.2, 0.25) is 0 Å². The van der Waals surface area contributed by atoms with Crippen molar-refractivity contribution in [1.29, 1.82) is 0 Å². The number of carbonyl (C=O) groups is 1. The topological polar surface area (TPSA) is 40.5 Å². The summed E-state index contributed by atoms with van der Waals surface area (Å²) >= 11 is 3.36. The Morgan fingerprint density at radius 2 is 2.05 bits per heavy atom. The number of rotatable bonds is 3. The van der Waals surface area contributed by atoms with E-state index in [4.69, 9.17) is 0 Å². The van der Waals surface area contributed by atoms with Gasteiger partial charge in [0, 0.05) is 18.1 Å². The van der Waals surface area contributed by atoms with Gasteiger partial charge in [-0.3, -0.25) is 4.79 Å². The van der Waals surface area contributed by atoms with Gasteiger partial charge in [0.1, 0.15) is 11.6 Å². The lowest BCUT2D eigenvalue weighted by atomic mass is 10.1. The second kappa shape index (κ2) is 6.05. The summed E-state index contributed by atoms with van der Waals surface area (Å²) < 4.78 is 14.1. The summed E-state index contributed by atoms with van der Waals surface area (Å²) in [7, 11) is 1.60. The monoisotopic (exact) mass is 337 g/mol. The lowest BCUT2D eigenvalue weighted by Crippen LogP contribution is -2.26. The number of hydrogen-bond acceptors (Lipinski definition) is 2. The number of aromatic hydroxyl groups is 1. The number of benzene rings is 2. The van der Waals surface area contributed by atoms with E-state index in [1.54, 1.807) is 7.05 Å². The van der Waals surface area contributed by atoms with Crippen LogP contribution < -0.4 is 0 Å². The lowest BCUT2D eigenvalue weighted by Gasteiger charge is -2.18. The van der Waals surface area contributed by atoms with E-state index in [1.807, 2.05) is 24.3 Å². The number of halogens is 2. The Labute approximate surface area is 124 Å². The summed E-state index contributed by atoms with van der Waals surface area (Å²) in [6, 6.07) is 10.9. The predicted molar refractivity (Wildman–Crippen MR) is 78.0 cm³/mol. The molecule has 5 heteroatoms. The van der Waals surface area contributed by atoms with Crippen molar-refractivity contribution in [3.63, 3.8) is 0 Å². The minimum absolute atomic E-state index is 0.0394. The molecule has 0 fully saturated rings. The first-order chi connectivity index (χ1) is 9.47. The Kier molecular flexibility index (Phi) is 4.39. The van der Waals surface area contributed by atoms with E-state index in [9.17, 15) is 14.3 Å². The third-order valence-corrected chi connectivity index (χ3v) is 3.34. The van der Waals surface area contributed by atoms with Gasteiger partial charge in [0.25, 0.3) is 5.91 Å². The van der Waals surface area contributed by atoms with E-state index in [0.29, 0.717) is 6.54 Å². The molecular formula is C15H13BrFNO2. The molecule has 0 radical (unpaired) electrons. The molecule has 0 aliphatic heterocycles. The minimum Gasteiger partial charge on any atom is -0.507 e. The van der Waals surface area contributed by atoms with Crippen molar-refractivity contribution in [1.82, 2.24) is 4.90 Å². The molecule has 0 spiro atoms. The molecule has 3 nitrogen and oxygen atoms in total. The average Bonchev–Trinajstić information content (AvgIpc) is 2.40. The van der Waals surface area contributed by atoms with Gasteiger partial charge >= 0.3 is 0 Å². The van der Waals surface area contributed by atoms with E-state index in [2.05, 4.69) is 15.9 Å². The quantitative estimate of drug-likeness (QED) is 0.930. The highest BCUT2D eigenvalue weighted by molar-refractivity contribution is 9.10.